The monoisotopic (exact) mass is 185 g/mol. The summed E-state index contributed by atoms with van der Waals surface area (Å²) in [5, 5.41) is 7.96. The van der Waals surface area contributed by atoms with Gasteiger partial charge in [0.15, 0.2) is 5.96 Å². The molecule has 0 saturated heterocycles. The van der Waals surface area contributed by atoms with Gasteiger partial charge >= 0.3 is 0 Å². The fourth-order valence-corrected chi connectivity index (χ4v) is 1.41. The van der Waals surface area contributed by atoms with Crippen molar-refractivity contribution < 1.29 is 0 Å². The number of guanidine groups is 1. The molecule has 0 aliphatic heterocycles. The zero-order chi connectivity index (χ0) is 10.3. The van der Waals surface area contributed by atoms with Gasteiger partial charge in [0, 0.05) is 26.2 Å². The maximum atomic E-state index is 7.96. The molecule has 0 aliphatic rings. The van der Waals surface area contributed by atoms with E-state index in [1.807, 2.05) is 0 Å². The Morgan fingerprint density at radius 1 is 0.923 bits per heavy atom. The summed E-state index contributed by atoms with van der Waals surface area (Å²) in [6, 6.07) is 0. The highest BCUT2D eigenvalue weighted by Gasteiger charge is 2.11. The normalized spacial score (nSPS) is 9.85. The van der Waals surface area contributed by atoms with Crippen LogP contribution in [0.15, 0.2) is 0 Å². The molecule has 0 spiro atoms. The van der Waals surface area contributed by atoms with Crippen molar-refractivity contribution in [3.63, 3.8) is 0 Å². The molecule has 13 heavy (non-hydrogen) atoms. The first-order chi connectivity index (χ1) is 6.21. The second kappa shape index (κ2) is 6.75. The van der Waals surface area contributed by atoms with Crippen LogP contribution in [0.5, 0.6) is 0 Å². The summed E-state index contributed by atoms with van der Waals surface area (Å²) in [6.45, 7) is 12.2. The minimum atomic E-state index is 0.675. The number of rotatable bonds is 5. The third-order valence-electron chi connectivity index (χ3n) is 2.24. The van der Waals surface area contributed by atoms with Gasteiger partial charge in [-0.25, -0.2) is 0 Å². The van der Waals surface area contributed by atoms with Gasteiger partial charge in [-0.2, -0.15) is 0 Å². The van der Waals surface area contributed by atoms with E-state index in [4.69, 9.17) is 5.41 Å². The van der Waals surface area contributed by atoms with Crippen molar-refractivity contribution in [2.24, 2.45) is 0 Å². The molecule has 0 aliphatic carbocycles. The third kappa shape index (κ3) is 3.66. The molecule has 1 N–H and O–H groups in total. The molecule has 0 atom stereocenters. The summed E-state index contributed by atoms with van der Waals surface area (Å²) in [5.74, 6) is 0.675. The molecule has 3 nitrogen and oxygen atoms in total. The van der Waals surface area contributed by atoms with E-state index >= 15 is 0 Å². The van der Waals surface area contributed by atoms with Crippen LogP contribution in [0.3, 0.4) is 0 Å². The fraction of sp³-hybridized carbons (Fsp3) is 0.900. The number of hydrogen-bond acceptors (Lipinski definition) is 1. The zero-order valence-electron chi connectivity index (χ0n) is 9.43. The second-order valence-corrected chi connectivity index (χ2v) is 3.08. The van der Waals surface area contributed by atoms with E-state index in [2.05, 4.69) is 37.5 Å². The summed E-state index contributed by atoms with van der Waals surface area (Å²) in [7, 11) is 0. The van der Waals surface area contributed by atoms with Crippen LogP contribution >= 0.6 is 0 Å². The van der Waals surface area contributed by atoms with Crippen LogP contribution < -0.4 is 0 Å². The van der Waals surface area contributed by atoms with Crippen molar-refractivity contribution in [1.82, 2.24) is 9.80 Å². The molecule has 0 heterocycles. The Kier molecular flexibility index (Phi) is 6.37. The molecule has 3 heteroatoms. The molecule has 0 rings (SSSR count). The van der Waals surface area contributed by atoms with E-state index in [0.717, 1.165) is 32.6 Å². The average molecular weight is 185 g/mol. The van der Waals surface area contributed by atoms with E-state index in [-0.39, 0.29) is 0 Å². The topological polar surface area (TPSA) is 30.3 Å². The molecule has 0 saturated carbocycles. The summed E-state index contributed by atoms with van der Waals surface area (Å²) in [4.78, 5) is 4.20. The number of nitrogens with zero attached hydrogens (tertiary/aromatic N) is 2. The maximum absolute atomic E-state index is 7.96. The lowest BCUT2D eigenvalue weighted by atomic mass is 10.4. The molecule has 0 amide bonds. The zero-order valence-corrected chi connectivity index (χ0v) is 9.43. The van der Waals surface area contributed by atoms with Gasteiger partial charge in [-0.1, -0.05) is 6.92 Å². The van der Waals surface area contributed by atoms with Crippen LogP contribution in [0.2, 0.25) is 0 Å². The summed E-state index contributed by atoms with van der Waals surface area (Å²) in [6.07, 6.45) is 1.11. The minimum absolute atomic E-state index is 0.675. The summed E-state index contributed by atoms with van der Waals surface area (Å²) >= 11 is 0. The Labute approximate surface area is 82.2 Å². The van der Waals surface area contributed by atoms with Gasteiger partial charge in [-0.05, 0) is 27.2 Å². The van der Waals surface area contributed by atoms with Gasteiger partial charge in [0.2, 0.25) is 0 Å². The van der Waals surface area contributed by atoms with Crippen molar-refractivity contribution >= 4 is 5.96 Å². The molecule has 0 bridgehead atoms. The van der Waals surface area contributed by atoms with E-state index in [1.54, 1.807) is 0 Å². The van der Waals surface area contributed by atoms with Crippen LogP contribution in [0.4, 0.5) is 0 Å². The summed E-state index contributed by atoms with van der Waals surface area (Å²) < 4.78 is 0. The van der Waals surface area contributed by atoms with E-state index in [0.29, 0.717) is 5.96 Å². The highest BCUT2D eigenvalue weighted by Crippen LogP contribution is 1.98. The van der Waals surface area contributed by atoms with Crippen molar-refractivity contribution in [3.05, 3.63) is 0 Å². The lowest BCUT2D eigenvalue weighted by molar-refractivity contribution is 0.337. The lowest BCUT2D eigenvalue weighted by Gasteiger charge is -2.31. The SMILES string of the molecule is CCCN(CC)C(=N)N(CC)CC. The molecule has 0 fully saturated rings. The van der Waals surface area contributed by atoms with Crippen LogP contribution in [0.1, 0.15) is 34.1 Å². The molecule has 0 aromatic heterocycles. The van der Waals surface area contributed by atoms with Crippen LogP contribution in [-0.4, -0.2) is 41.9 Å². The standard InChI is InChI=1S/C10H23N3/c1-5-9-13(8-4)10(11)12(6-2)7-3/h11H,5-9H2,1-4H3. The van der Waals surface area contributed by atoms with Gasteiger partial charge in [-0.15, -0.1) is 0 Å². The molecule has 78 valence electrons. The van der Waals surface area contributed by atoms with Crippen molar-refractivity contribution in [2.45, 2.75) is 34.1 Å². The smallest absolute Gasteiger partial charge is 0.193 e. The van der Waals surface area contributed by atoms with E-state index in [1.165, 1.54) is 0 Å². The van der Waals surface area contributed by atoms with E-state index < -0.39 is 0 Å². The highest BCUT2D eigenvalue weighted by atomic mass is 15.3. The van der Waals surface area contributed by atoms with Gasteiger partial charge in [-0.3, -0.25) is 5.41 Å². The van der Waals surface area contributed by atoms with Gasteiger partial charge in [0.05, 0.1) is 0 Å². The Hall–Kier alpha value is -0.730. The Bertz CT molecular complexity index is 141. The largest absolute Gasteiger partial charge is 0.344 e. The molecule has 0 radical (unpaired) electrons. The maximum Gasteiger partial charge on any atom is 0.193 e. The fourth-order valence-electron chi connectivity index (χ4n) is 1.41. The van der Waals surface area contributed by atoms with Gasteiger partial charge in [0.25, 0.3) is 0 Å². The predicted molar refractivity (Wildman–Crippen MR) is 58.2 cm³/mol. The quantitative estimate of drug-likeness (QED) is 0.524. The first-order valence-corrected chi connectivity index (χ1v) is 5.29. The van der Waals surface area contributed by atoms with Gasteiger partial charge in [0.1, 0.15) is 0 Å². The minimum Gasteiger partial charge on any atom is -0.344 e. The van der Waals surface area contributed by atoms with E-state index in [9.17, 15) is 0 Å². The van der Waals surface area contributed by atoms with Crippen LogP contribution in [0, 0.1) is 5.41 Å². The predicted octanol–water partition coefficient (Wildman–Crippen LogP) is 1.99. The van der Waals surface area contributed by atoms with Crippen LogP contribution in [-0.2, 0) is 0 Å². The molecule has 0 aromatic carbocycles. The van der Waals surface area contributed by atoms with Crippen molar-refractivity contribution in [2.75, 3.05) is 26.2 Å². The molecule has 0 unspecified atom stereocenters. The first kappa shape index (κ1) is 12.3. The first-order valence-electron chi connectivity index (χ1n) is 5.29. The molecular weight excluding hydrogens is 162 g/mol. The highest BCUT2D eigenvalue weighted by molar-refractivity contribution is 5.76. The number of hydrogen-bond donors (Lipinski definition) is 1. The summed E-state index contributed by atoms with van der Waals surface area (Å²) in [5.41, 5.74) is 0. The van der Waals surface area contributed by atoms with Crippen molar-refractivity contribution in [1.29, 1.82) is 5.41 Å². The third-order valence-corrected chi connectivity index (χ3v) is 2.24. The van der Waals surface area contributed by atoms with Crippen LogP contribution in [0.25, 0.3) is 0 Å². The molecular formula is C10H23N3. The Balaban J connectivity index is 4.16. The lowest BCUT2D eigenvalue weighted by Crippen LogP contribution is -2.43. The second-order valence-electron chi connectivity index (χ2n) is 3.08. The van der Waals surface area contributed by atoms with Gasteiger partial charge < -0.3 is 9.80 Å². The van der Waals surface area contributed by atoms with Crippen molar-refractivity contribution in [3.8, 4) is 0 Å². The average Bonchev–Trinajstić information content (AvgIpc) is 2.15. The Morgan fingerprint density at radius 2 is 1.38 bits per heavy atom. The number of nitrogens with one attached hydrogen (secondary N) is 1. The Morgan fingerprint density at radius 3 is 1.69 bits per heavy atom. The molecule has 0 aromatic rings.